The number of hydrogen-bond donors (Lipinski definition) is 2. The van der Waals surface area contributed by atoms with E-state index < -0.39 is 5.41 Å². The van der Waals surface area contributed by atoms with Gasteiger partial charge in [-0.2, -0.15) is 0 Å². The molecule has 5 nitrogen and oxygen atoms in total. The number of carbonyl (C=O) groups is 2. The summed E-state index contributed by atoms with van der Waals surface area (Å²) in [7, 11) is 0. The molecule has 0 radical (unpaired) electrons. The van der Waals surface area contributed by atoms with Crippen molar-refractivity contribution < 1.29 is 14.3 Å². The van der Waals surface area contributed by atoms with Gasteiger partial charge in [0.15, 0.2) is 0 Å². The molecule has 0 atom stereocenters. The van der Waals surface area contributed by atoms with Crippen molar-refractivity contribution in [3.8, 4) is 5.75 Å². The van der Waals surface area contributed by atoms with Gasteiger partial charge in [-0.25, -0.2) is 0 Å². The van der Waals surface area contributed by atoms with Crippen LogP contribution >= 0.6 is 11.6 Å². The van der Waals surface area contributed by atoms with Crippen molar-refractivity contribution in [2.75, 3.05) is 19.7 Å². The zero-order chi connectivity index (χ0) is 17.3. The van der Waals surface area contributed by atoms with Gasteiger partial charge < -0.3 is 15.4 Å². The molecule has 2 N–H and O–H groups in total. The number of amides is 2. The van der Waals surface area contributed by atoms with Crippen LogP contribution < -0.4 is 15.4 Å². The Morgan fingerprint density at radius 3 is 2.57 bits per heavy atom. The molecular formula is C17H25ClN2O3. The second kappa shape index (κ2) is 9.40. The maximum Gasteiger partial charge on any atom is 0.225 e. The second-order valence-corrected chi connectivity index (χ2v) is 6.70. The topological polar surface area (TPSA) is 67.4 Å². The standard InChI is InChI=1S/C17H25ClN2O3/c1-17(2,3)16(22)20-9-5-8-15(21)19-10-11-23-14-7-4-6-13(18)12-14/h4,6-7,12H,5,8-11H2,1-3H3,(H,19,21)(H,20,22). The van der Waals surface area contributed by atoms with E-state index in [9.17, 15) is 9.59 Å². The lowest BCUT2D eigenvalue weighted by Crippen LogP contribution is -2.36. The van der Waals surface area contributed by atoms with Crippen LogP contribution in [0.15, 0.2) is 24.3 Å². The monoisotopic (exact) mass is 340 g/mol. The fraction of sp³-hybridized carbons (Fsp3) is 0.529. The summed E-state index contributed by atoms with van der Waals surface area (Å²) >= 11 is 5.85. The van der Waals surface area contributed by atoms with Crippen LogP contribution in [0, 0.1) is 5.41 Å². The Labute approximate surface area is 142 Å². The highest BCUT2D eigenvalue weighted by Crippen LogP contribution is 2.16. The average molecular weight is 341 g/mol. The van der Waals surface area contributed by atoms with Crippen LogP contribution in [0.4, 0.5) is 0 Å². The Morgan fingerprint density at radius 1 is 1.17 bits per heavy atom. The largest absolute Gasteiger partial charge is 0.492 e. The minimum atomic E-state index is -0.403. The van der Waals surface area contributed by atoms with E-state index in [1.54, 1.807) is 12.1 Å². The molecule has 0 unspecified atom stereocenters. The van der Waals surface area contributed by atoms with Gasteiger partial charge in [0.2, 0.25) is 11.8 Å². The molecule has 1 aromatic rings. The minimum absolute atomic E-state index is 0.00664. The number of ether oxygens (including phenoxy) is 1. The molecule has 23 heavy (non-hydrogen) atoms. The van der Waals surface area contributed by atoms with Gasteiger partial charge in [0, 0.05) is 23.4 Å². The summed E-state index contributed by atoms with van der Waals surface area (Å²) in [5.74, 6) is 0.620. The molecule has 0 aliphatic rings. The second-order valence-electron chi connectivity index (χ2n) is 6.27. The van der Waals surface area contributed by atoms with E-state index in [0.717, 1.165) is 0 Å². The molecule has 1 rings (SSSR count). The summed E-state index contributed by atoms with van der Waals surface area (Å²) in [5, 5.41) is 6.21. The van der Waals surface area contributed by atoms with Crippen LogP contribution in [-0.2, 0) is 9.59 Å². The molecule has 2 amide bonds. The number of benzene rings is 1. The molecule has 0 spiro atoms. The summed E-state index contributed by atoms with van der Waals surface area (Å²) in [6.07, 6.45) is 0.990. The van der Waals surface area contributed by atoms with Crippen LogP contribution in [0.3, 0.4) is 0 Å². The summed E-state index contributed by atoms with van der Waals surface area (Å²) in [5.41, 5.74) is -0.403. The zero-order valence-electron chi connectivity index (χ0n) is 13.9. The minimum Gasteiger partial charge on any atom is -0.492 e. The number of nitrogens with one attached hydrogen (secondary N) is 2. The Kier molecular flexibility index (Phi) is 7.89. The summed E-state index contributed by atoms with van der Waals surface area (Å²) in [6.45, 7) is 6.88. The van der Waals surface area contributed by atoms with E-state index >= 15 is 0 Å². The van der Waals surface area contributed by atoms with Crippen molar-refractivity contribution >= 4 is 23.4 Å². The zero-order valence-corrected chi connectivity index (χ0v) is 14.7. The molecule has 0 aromatic heterocycles. The van der Waals surface area contributed by atoms with Gasteiger partial charge in [0.25, 0.3) is 0 Å². The SMILES string of the molecule is CC(C)(C)C(=O)NCCCC(=O)NCCOc1cccc(Cl)c1. The highest BCUT2D eigenvalue weighted by atomic mass is 35.5. The molecule has 0 saturated carbocycles. The van der Waals surface area contributed by atoms with Crippen LogP contribution in [0.1, 0.15) is 33.6 Å². The molecule has 6 heteroatoms. The van der Waals surface area contributed by atoms with Crippen molar-refractivity contribution in [3.05, 3.63) is 29.3 Å². The lowest BCUT2D eigenvalue weighted by Gasteiger charge is -2.17. The summed E-state index contributed by atoms with van der Waals surface area (Å²) in [4.78, 5) is 23.3. The van der Waals surface area contributed by atoms with Crippen LogP contribution in [0.25, 0.3) is 0 Å². The number of hydrogen-bond acceptors (Lipinski definition) is 3. The van der Waals surface area contributed by atoms with Gasteiger partial charge in [-0.05, 0) is 24.6 Å². The molecule has 0 saturated heterocycles. The van der Waals surface area contributed by atoms with Crippen molar-refractivity contribution in [1.29, 1.82) is 0 Å². The fourth-order valence-electron chi connectivity index (χ4n) is 1.72. The van der Waals surface area contributed by atoms with Gasteiger partial charge in [0.05, 0.1) is 6.54 Å². The van der Waals surface area contributed by atoms with Crippen LogP contribution in [0.2, 0.25) is 5.02 Å². The predicted molar refractivity (Wildman–Crippen MR) is 91.7 cm³/mol. The van der Waals surface area contributed by atoms with E-state index in [1.807, 2.05) is 32.9 Å². The third kappa shape index (κ3) is 8.45. The summed E-state index contributed by atoms with van der Waals surface area (Å²) in [6, 6.07) is 7.11. The van der Waals surface area contributed by atoms with E-state index in [0.29, 0.717) is 43.3 Å². The molecule has 0 aliphatic carbocycles. The van der Waals surface area contributed by atoms with Crippen LogP contribution in [0.5, 0.6) is 5.75 Å². The lowest BCUT2D eigenvalue weighted by atomic mass is 9.96. The molecule has 0 fully saturated rings. The predicted octanol–water partition coefficient (Wildman–Crippen LogP) is 2.78. The molecular weight excluding hydrogens is 316 g/mol. The van der Waals surface area contributed by atoms with Gasteiger partial charge in [0.1, 0.15) is 12.4 Å². The number of halogens is 1. The number of carbonyl (C=O) groups excluding carboxylic acids is 2. The van der Waals surface area contributed by atoms with Crippen molar-refractivity contribution in [2.24, 2.45) is 5.41 Å². The first-order chi connectivity index (χ1) is 10.8. The van der Waals surface area contributed by atoms with Crippen molar-refractivity contribution in [2.45, 2.75) is 33.6 Å². The Morgan fingerprint density at radius 2 is 1.91 bits per heavy atom. The van der Waals surface area contributed by atoms with Gasteiger partial charge in [-0.1, -0.05) is 38.4 Å². The van der Waals surface area contributed by atoms with Crippen LogP contribution in [-0.4, -0.2) is 31.5 Å². The molecule has 0 aliphatic heterocycles. The Balaban J connectivity index is 2.08. The van der Waals surface area contributed by atoms with Gasteiger partial charge in [-0.3, -0.25) is 9.59 Å². The van der Waals surface area contributed by atoms with E-state index in [4.69, 9.17) is 16.3 Å². The van der Waals surface area contributed by atoms with Gasteiger partial charge >= 0.3 is 0 Å². The highest BCUT2D eigenvalue weighted by molar-refractivity contribution is 6.30. The van der Waals surface area contributed by atoms with E-state index in [1.165, 1.54) is 0 Å². The average Bonchev–Trinajstić information content (AvgIpc) is 2.47. The highest BCUT2D eigenvalue weighted by Gasteiger charge is 2.20. The first-order valence-corrected chi connectivity index (χ1v) is 8.10. The Bertz CT molecular complexity index is 527. The molecule has 1 aromatic carbocycles. The number of rotatable bonds is 8. The maximum atomic E-state index is 11.6. The molecule has 0 bridgehead atoms. The van der Waals surface area contributed by atoms with Crippen molar-refractivity contribution in [1.82, 2.24) is 10.6 Å². The first kappa shape index (κ1) is 19.3. The smallest absolute Gasteiger partial charge is 0.225 e. The summed E-state index contributed by atoms with van der Waals surface area (Å²) < 4.78 is 5.48. The van der Waals surface area contributed by atoms with E-state index in [2.05, 4.69) is 10.6 Å². The fourth-order valence-corrected chi connectivity index (χ4v) is 1.90. The quantitative estimate of drug-likeness (QED) is 0.715. The van der Waals surface area contributed by atoms with Gasteiger partial charge in [-0.15, -0.1) is 0 Å². The first-order valence-electron chi connectivity index (χ1n) is 7.72. The molecule has 128 valence electrons. The van der Waals surface area contributed by atoms with E-state index in [-0.39, 0.29) is 11.8 Å². The third-order valence-corrected chi connectivity index (χ3v) is 3.27. The normalized spacial score (nSPS) is 11.0. The maximum absolute atomic E-state index is 11.6. The third-order valence-electron chi connectivity index (χ3n) is 3.04. The van der Waals surface area contributed by atoms with Crippen molar-refractivity contribution in [3.63, 3.8) is 0 Å². The molecule has 0 heterocycles. The lowest BCUT2D eigenvalue weighted by molar-refractivity contribution is -0.128. The Hall–Kier alpha value is -1.75.